The maximum absolute atomic E-state index is 4.51. The molecule has 0 saturated heterocycles. The van der Waals surface area contributed by atoms with Crippen molar-refractivity contribution >= 4 is 11.3 Å². The summed E-state index contributed by atoms with van der Waals surface area (Å²) in [7, 11) is 2.18. The number of aryl methyl sites for hydroxylation is 1. The number of thiazole rings is 1. The molecule has 3 nitrogen and oxygen atoms in total. The van der Waals surface area contributed by atoms with Gasteiger partial charge in [0.1, 0.15) is 0 Å². The Balaban J connectivity index is 2.30. The summed E-state index contributed by atoms with van der Waals surface area (Å²) >= 11 is 1.73. The van der Waals surface area contributed by atoms with E-state index in [0.29, 0.717) is 6.04 Å². The number of hydrogen-bond acceptors (Lipinski definition) is 4. The molecule has 0 aliphatic carbocycles. The van der Waals surface area contributed by atoms with Crippen LogP contribution in [0, 0.1) is 6.92 Å². The van der Waals surface area contributed by atoms with E-state index in [4.69, 9.17) is 0 Å². The van der Waals surface area contributed by atoms with Gasteiger partial charge in [0.05, 0.1) is 10.7 Å². The molecular weight excluding hydrogens is 242 g/mol. The molecule has 1 rings (SSSR count). The first kappa shape index (κ1) is 15.6. The molecular formula is C14H27N3S. The molecule has 0 spiro atoms. The van der Waals surface area contributed by atoms with Crippen LogP contribution in [-0.2, 0) is 6.54 Å². The zero-order valence-corrected chi connectivity index (χ0v) is 13.4. The van der Waals surface area contributed by atoms with Gasteiger partial charge in [-0.05, 0) is 54.6 Å². The van der Waals surface area contributed by atoms with Gasteiger partial charge in [0.2, 0.25) is 0 Å². The van der Waals surface area contributed by atoms with Gasteiger partial charge in [-0.2, -0.15) is 0 Å². The van der Waals surface area contributed by atoms with E-state index in [-0.39, 0.29) is 5.54 Å². The summed E-state index contributed by atoms with van der Waals surface area (Å²) in [5.74, 6) is 0. The van der Waals surface area contributed by atoms with Crippen LogP contribution in [0.5, 0.6) is 0 Å². The van der Waals surface area contributed by atoms with E-state index >= 15 is 0 Å². The minimum atomic E-state index is 0.213. The van der Waals surface area contributed by atoms with E-state index in [0.717, 1.165) is 24.5 Å². The van der Waals surface area contributed by atoms with Crippen molar-refractivity contribution in [3.63, 3.8) is 0 Å². The first-order valence-corrected chi connectivity index (χ1v) is 7.52. The highest BCUT2D eigenvalue weighted by Crippen LogP contribution is 2.12. The second-order valence-electron chi connectivity index (χ2n) is 6.09. The first-order chi connectivity index (χ1) is 8.28. The Morgan fingerprint density at radius 3 is 2.61 bits per heavy atom. The topological polar surface area (TPSA) is 28.2 Å². The highest BCUT2D eigenvalue weighted by atomic mass is 32.1. The molecule has 4 heteroatoms. The van der Waals surface area contributed by atoms with Crippen molar-refractivity contribution in [2.75, 3.05) is 13.6 Å². The quantitative estimate of drug-likeness (QED) is 0.860. The molecule has 1 aromatic heterocycles. The lowest BCUT2D eigenvalue weighted by Crippen LogP contribution is -2.39. The molecule has 1 aromatic rings. The monoisotopic (exact) mass is 269 g/mol. The van der Waals surface area contributed by atoms with Gasteiger partial charge in [-0.25, -0.2) is 4.98 Å². The van der Waals surface area contributed by atoms with E-state index < -0.39 is 0 Å². The summed E-state index contributed by atoms with van der Waals surface area (Å²) in [5, 5.41) is 6.85. The van der Waals surface area contributed by atoms with Crippen molar-refractivity contribution in [3.8, 4) is 0 Å². The SMILES string of the molecule is Cc1nc(CN(C)C(C)CCNC(C)(C)C)cs1. The highest BCUT2D eigenvalue weighted by Gasteiger charge is 2.13. The lowest BCUT2D eigenvalue weighted by atomic mass is 10.1. The molecule has 0 fully saturated rings. The summed E-state index contributed by atoms with van der Waals surface area (Å²) in [6.07, 6.45) is 1.16. The van der Waals surface area contributed by atoms with Crippen LogP contribution < -0.4 is 5.32 Å². The summed E-state index contributed by atoms with van der Waals surface area (Å²) in [6, 6.07) is 0.571. The Morgan fingerprint density at radius 2 is 2.11 bits per heavy atom. The summed E-state index contributed by atoms with van der Waals surface area (Å²) in [6.45, 7) is 13.0. The molecule has 1 unspecified atom stereocenters. The Hall–Kier alpha value is -0.450. The highest BCUT2D eigenvalue weighted by molar-refractivity contribution is 7.09. The van der Waals surface area contributed by atoms with Crippen molar-refractivity contribution in [2.24, 2.45) is 0 Å². The van der Waals surface area contributed by atoms with Crippen molar-refractivity contribution in [2.45, 2.75) is 59.2 Å². The summed E-state index contributed by atoms with van der Waals surface area (Å²) in [4.78, 5) is 6.89. The van der Waals surface area contributed by atoms with E-state index in [1.807, 2.05) is 0 Å². The third-order valence-corrected chi connectivity index (χ3v) is 3.87. The van der Waals surface area contributed by atoms with E-state index in [9.17, 15) is 0 Å². The van der Waals surface area contributed by atoms with Crippen LogP contribution in [-0.4, -0.2) is 35.1 Å². The van der Waals surface area contributed by atoms with E-state index in [1.165, 1.54) is 5.69 Å². The van der Waals surface area contributed by atoms with Gasteiger partial charge in [0.15, 0.2) is 0 Å². The van der Waals surface area contributed by atoms with Crippen molar-refractivity contribution in [1.29, 1.82) is 0 Å². The fourth-order valence-electron chi connectivity index (χ4n) is 1.77. The molecule has 1 atom stereocenters. The van der Waals surface area contributed by atoms with Crippen molar-refractivity contribution in [3.05, 3.63) is 16.1 Å². The van der Waals surface area contributed by atoms with Gasteiger partial charge in [-0.15, -0.1) is 11.3 Å². The number of nitrogens with one attached hydrogen (secondary N) is 1. The van der Waals surface area contributed by atoms with Gasteiger partial charge in [0.25, 0.3) is 0 Å². The first-order valence-electron chi connectivity index (χ1n) is 6.64. The van der Waals surface area contributed by atoms with Gasteiger partial charge in [-0.3, -0.25) is 4.90 Å². The molecule has 0 amide bonds. The Kier molecular flexibility index (Phi) is 5.76. The maximum Gasteiger partial charge on any atom is 0.0897 e. The van der Waals surface area contributed by atoms with Crippen molar-refractivity contribution in [1.82, 2.24) is 15.2 Å². The van der Waals surface area contributed by atoms with Crippen LogP contribution >= 0.6 is 11.3 Å². The van der Waals surface area contributed by atoms with Crippen LogP contribution in [0.15, 0.2) is 5.38 Å². The van der Waals surface area contributed by atoms with Crippen LogP contribution in [0.1, 0.15) is 44.8 Å². The van der Waals surface area contributed by atoms with E-state index in [1.54, 1.807) is 11.3 Å². The van der Waals surface area contributed by atoms with E-state index in [2.05, 4.69) is 62.2 Å². The Labute approximate surface area is 116 Å². The Bertz CT molecular complexity index is 354. The molecule has 0 bridgehead atoms. The fourth-order valence-corrected chi connectivity index (χ4v) is 2.37. The number of aromatic nitrogens is 1. The lowest BCUT2D eigenvalue weighted by Gasteiger charge is -2.26. The fraction of sp³-hybridized carbons (Fsp3) is 0.786. The Morgan fingerprint density at radius 1 is 1.44 bits per heavy atom. The molecule has 104 valence electrons. The molecule has 1 N–H and O–H groups in total. The molecule has 0 aliphatic rings. The van der Waals surface area contributed by atoms with Crippen LogP contribution in [0.4, 0.5) is 0 Å². The summed E-state index contributed by atoms with van der Waals surface area (Å²) in [5.41, 5.74) is 1.40. The lowest BCUT2D eigenvalue weighted by molar-refractivity contribution is 0.229. The molecule has 0 radical (unpaired) electrons. The minimum Gasteiger partial charge on any atom is -0.312 e. The zero-order valence-electron chi connectivity index (χ0n) is 12.6. The summed E-state index contributed by atoms with van der Waals surface area (Å²) < 4.78 is 0. The smallest absolute Gasteiger partial charge is 0.0897 e. The molecule has 18 heavy (non-hydrogen) atoms. The average molecular weight is 269 g/mol. The zero-order chi connectivity index (χ0) is 13.8. The third-order valence-electron chi connectivity index (χ3n) is 3.05. The van der Waals surface area contributed by atoms with Gasteiger partial charge < -0.3 is 5.32 Å². The maximum atomic E-state index is 4.51. The predicted molar refractivity (Wildman–Crippen MR) is 80.2 cm³/mol. The number of hydrogen-bond donors (Lipinski definition) is 1. The number of rotatable bonds is 6. The standard InChI is InChI=1S/C14H27N3S/c1-11(7-8-15-14(3,4)5)17(6)9-13-10-18-12(2)16-13/h10-11,15H,7-9H2,1-6H3. The average Bonchev–Trinajstić information content (AvgIpc) is 2.61. The molecule has 0 aromatic carbocycles. The van der Waals surface area contributed by atoms with Crippen LogP contribution in [0.2, 0.25) is 0 Å². The van der Waals surface area contributed by atoms with Crippen LogP contribution in [0.25, 0.3) is 0 Å². The van der Waals surface area contributed by atoms with Crippen molar-refractivity contribution < 1.29 is 0 Å². The van der Waals surface area contributed by atoms with Gasteiger partial charge in [-0.1, -0.05) is 0 Å². The third kappa shape index (κ3) is 5.94. The van der Waals surface area contributed by atoms with Crippen LogP contribution in [0.3, 0.4) is 0 Å². The predicted octanol–water partition coefficient (Wildman–Crippen LogP) is 3.05. The molecule has 1 heterocycles. The molecule has 0 aliphatic heterocycles. The van der Waals surface area contributed by atoms with Gasteiger partial charge in [0, 0.05) is 23.5 Å². The molecule has 0 saturated carbocycles. The second kappa shape index (κ2) is 6.64. The van der Waals surface area contributed by atoms with Gasteiger partial charge >= 0.3 is 0 Å². The second-order valence-corrected chi connectivity index (χ2v) is 7.15. The number of nitrogens with zero attached hydrogens (tertiary/aromatic N) is 2. The minimum absolute atomic E-state index is 0.213. The largest absolute Gasteiger partial charge is 0.312 e. The normalized spacial score (nSPS) is 14.2.